The molecule has 2 atom stereocenters. The molecule has 0 heterocycles. The third kappa shape index (κ3) is 5.50. The molecular weight excluding hydrogens is 471 g/mol. The van der Waals surface area contributed by atoms with Crippen molar-refractivity contribution >= 4 is 25.2 Å². The van der Waals surface area contributed by atoms with Crippen molar-refractivity contribution in [1.82, 2.24) is 8.22 Å². The number of hydrogen-bond donors (Lipinski definition) is 0. The van der Waals surface area contributed by atoms with Crippen molar-refractivity contribution in [3.63, 3.8) is 0 Å². The van der Waals surface area contributed by atoms with E-state index < -0.39 is 31.2 Å². The van der Waals surface area contributed by atoms with Crippen LogP contribution < -0.4 is 0 Å². The number of rotatable bonds is 9. The summed E-state index contributed by atoms with van der Waals surface area (Å²) in [5.41, 5.74) is 1.93. The Balaban J connectivity index is 2.02. The number of benzene rings is 2. The van der Waals surface area contributed by atoms with Gasteiger partial charge in [-0.2, -0.15) is 0 Å². The summed E-state index contributed by atoms with van der Waals surface area (Å²) in [5, 5.41) is 0. The van der Waals surface area contributed by atoms with Crippen LogP contribution in [0.25, 0.3) is 0 Å². The summed E-state index contributed by atoms with van der Waals surface area (Å²) in [4.78, 5) is 3.50. The van der Waals surface area contributed by atoms with E-state index in [2.05, 4.69) is 24.8 Å². The molecule has 3 rings (SSSR count). The van der Waals surface area contributed by atoms with E-state index in [9.17, 15) is 8.42 Å². The second kappa shape index (κ2) is 10.5. The zero-order valence-electron chi connectivity index (χ0n) is 18.4. The van der Waals surface area contributed by atoms with Crippen LogP contribution in [-0.4, -0.2) is 52.0 Å². The van der Waals surface area contributed by atoms with E-state index in [1.54, 1.807) is 21.5 Å². The topological polar surface area (TPSA) is 40.6 Å². The SMILES string of the molecule is C=CC(c1ccccc1)N([Se][C]1[CH][CH][CH][C]1[C@H](C)N(C)C)S(=O)(=O)c1ccc(C)cc1. The fourth-order valence-corrected chi connectivity index (χ4v) is 8.25. The Labute approximate surface area is 194 Å². The van der Waals surface area contributed by atoms with Gasteiger partial charge in [0, 0.05) is 0 Å². The summed E-state index contributed by atoms with van der Waals surface area (Å²) in [6.07, 6.45) is 7.86. The quantitative estimate of drug-likeness (QED) is 0.383. The molecule has 163 valence electrons. The zero-order valence-corrected chi connectivity index (χ0v) is 20.9. The van der Waals surface area contributed by atoms with Gasteiger partial charge in [-0.25, -0.2) is 0 Å². The van der Waals surface area contributed by atoms with Crippen LogP contribution in [-0.2, 0) is 10.0 Å². The molecule has 31 heavy (non-hydrogen) atoms. The van der Waals surface area contributed by atoms with Gasteiger partial charge >= 0.3 is 195 Å². The first-order valence-corrected chi connectivity index (χ1v) is 13.2. The van der Waals surface area contributed by atoms with Gasteiger partial charge in [-0.3, -0.25) is 0 Å². The van der Waals surface area contributed by atoms with E-state index >= 15 is 0 Å². The first kappa shape index (κ1) is 24.2. The molecule has 0 spiro atoms. The summed E-state index contributed by atoms with van der Waals surface area (Å²) in [7, 11) is 0.327. The van der Waals surface area contributed by atoms with Crippen molar-refractivity contribution in [2.75, 3.05) is 14.1 Å². The zero-order chi connectivity index (χ0) is 22.6. The molecule has 0 amide bonds. The van der Waals surface area contributed by atoms with Crippen LogP contribution in [0.4, 0.5) is 0 Å². The Morgan fingerprint density at radius 2 is 1.65 bits per heavy atom. The minimum atomic E-state index is -3.74. The molecule has 1 aliphatic rings. The Hall–Kier alpha value is -1.43. The van der Waals surface area contributed by atoms with Crippen LogP contribution in [0.3, 0.4) is 0 Å². The monoisotopic (exact) mass is 501 g/mol. The van der Waals surface area contributed by atoms with Gasteiger partial charge in [-0.15, -0.1) is 0 Å². The van der Waals surface area contributed by atoms with E-state index in [1.807, 2.05) is 76.3 Å². The van der Waals surface area contributed by atoms with Gasteiger partial charge in [0.15, 0.2) is 0 Å². The van der Waals surface area contributed by atoms with Crippen LogP contribution in [0.5, 0.6) is 0 Å². The summed E-state index contributed by atoms with van der Waals surface area (Å²) in [6.45, 7) is 8.08. The molecule has 2 aromatic rings. The van der Waals surface area contributed by atoms with E-state index in [0.717, 1.165) is 21.9 Å². The fourth-order valence-electron chi connectivity index (χ4n) is 3.28. The van der Waals surface area contributed by atoms with E-state index in [-0.39, 0.29) is 6.04 Å². The molecule has 6 heteroatoms. The van der Waals surface area contributed by atoms with Gasteiger partial charge in [-0.05, 0) is 0 Å². The Morgan fingerprint density at radius 1 is 1.00 bits per heavy atom. The average molecular weight is 501 g/mol. The van der Waals surface area contributed by atoms with Crippen molar-refractivity contribution in [2.45, 2.75) is 30.8 Å². The molecule has 1 unspecified atom stereocenters. The van der Waals surface area contributed by atoms with Gasteiger partial charge < -0.3 is 0 Å². The maximum absolute atomic E-state index is 13.8. The second-order valence-electron chi connectivity index (χ2n) is 7.74. The first-order valence-electron chi connectivity index (χ1n) is 10.1. The Morgan fingerprint density at radius 3 is 2.23 bits per heavy atom. The maximum atomic E-state index is 13.8. The van der Waals surface area contributed by atoms with Crippen LogP contribution in [0.2, 0.25) is 0 Å². The molecule has 0 aromatic heterocycles. The van der Waals surface area contributed by atoms with Gasteiger partial charge in [-0.1, -0.05) is 0 Å². The Bertz CT molecular complexity index is 961. The van der Waals surface area contributed by atoms with Crippen molar-refractivity contribution in [3.05, 3.63) is 108 Å². The van der Waals surface area contributed by atoms with Gasteiger partial charge in [0.05, 0.1) is 0 Å². The summed E-state index contributed by atoms with van der Waals surface area (Å²) >= 11 is -0.471. The molecule has 2 aromatic carbocycles. The van der Waals surface area contributed by atoms with Crippen LogP contribution in [0.15, 0.2) is 72.1 Å². The number of aryl methyl sites for hydroxylation is 1. The molecule has 0 bridgehead atoms. The van der Waals surface area contributed by atoms with E-state index in [0.29, 0.717) is 4.90 Å². The number of sulfonamides is 1. The molecule has 4 nitrogen and oxygen atoms in total. The van der Waals surface area contributed by atoms with Crippen molar-refractivity contribution < 1.29 is 8.42 Å². The van der Waals surface area contributed by atoms with Crippen molar-refractivity contribution in [2.24, 2.45) is 0 Å². The van der Waals surface area contributed by atoms with Crippen LogP contribution in [0.1, 0.15) is 24.1 Å². The van der Waals surface area contributed by atoms with E-state index in [4.69, 9.17) is 0 Å². The van der Waals surface area contributed by atoms with Crippen molar-refractivity contribution in [1.29, 1.82) is 0 Å². The third-order valence-corrected chi connectivity index (χ3v) is 10.6. The van der Waals surface area contributed by atoms with Gasteiger partial charge in [0.1, 0.15) is 0 Å². The summed E-state index contributed by atoms with van der Waals surface area (Å²) in [5.74, 6) is 1.16. The molecule has 5 radical (unpaired) electrons. The van der Waals surface area contributed by atoms with Gasteiger partial charge in [0.2, 0.25) is 0 Å². The predicted molar refractivity (Wildman–Crippen MR) is 128 cm³/mol. The molecular formula is C25H29N2O2SSe. The molecule has 1 aliphatic carbocycles. The average Bonchev–Trinajstić information content (AvgIpc) is 3.22. The standard InChI is InChI=1S/C25H29N2O2SSe/c1-6-24(21-11-8-7-9-12-21)27(30(28,29)22-17-15-19(2)16-18-22)31-25-14-10-13-23(25)20(3)26(4)5/h6-18,20,24H,1H2,2-5H3/t20-,24?/m0/s1. The minimum absolute atomic E-state index is 0.190. The van der Waals surface area contributed by atoms with Crippen molar-refractivity contribution in [3.8, 4) is 0 Å². The molecule has 0 N–H and O–H groups in total. The predicted octanol–water partition coefficient (Wildman–Crippen LogP) is 4.22. The first-order chi connectivity index (χ1) is 14.8. The molecule has 1 saturated carbocycles. The summed E-state index contributed by atoms with van der Waals surface area (Å²) < 4.78 is 29.3. The fraction of sp³-hybridized carbons (Fsp3) is 0.240. The van der Waals surface area contributed by atoms with Gasteiger partial charge in [0.25, 0.3) is 0 Å². The number of nitrogens with zero attached hydrogens (tertiary/aromatic N) is 2. The molecule has 0 aliphatic heterocycles. The summed E-state index contributed by atoms with van der Waals surface area (Å²) in [6, 6.07) is 16.5. The van der Waals surface area contributed by atoms with Crippen LogP contribution >= 0.6 is 0 Å². The molecule has 0 saturated heterocycles. The normalized spacial score (nSPS) is 17.9. The third-order valence-electron chi connectivity index (χ3n) is 5.37. The molecule has 1 fully saturated rings. The number of hydrogen-bond acceptors (Lipinski definition) is 3. The second-order valence-corrected chi connectivity index (χ2v) is 12.2. The van der Waals surface area contributed by atoms with E-state index in [1.165, 1.54) is 0 Å². The Kier molecular flexibility index (Phi) is 8.17. The van der Waals surface area contributed by atoms with Crippen LogP contribution in [0, 0.1) is 36.9 Å².